The quantitative estimate of drug-likeness (QED) is 0.774. The van der Waals surface area contributed by atoms with Gasteiger partial charge in [0, 0.05) is 17.0 Å². The van der Waals surface area contributed by atoms with Gasteiger partial charge < -0.3 is 9.73 Å². The van der Waals surface area contributed by atoms with E-state index in [2.05, 4.69) is 5.32 Å². The summed E-state index contributed by atoms with van der Waals surface area (Å²) in [5.74, 6) is -0.366. The normalized spacial score (nSPS) is 10.9. The van der Waals surface area contributed by atoms with Gasteiger partial charge in [0.15, 0.2) is 5.76 Å². The zero-order valence-electron chi connectivity index (χ0n) is 11.8. The van der Waals surface area contributed by atoms with Crippen molar-refractivity contribution in [3.8, 4) is 0 Å². The zero-order chi connectivity index (χ0) is 15.7. The topological polar surface area (TPSA) is 42.2 Å². The number of nitrogens with one attached hydrogen (secondary N) is 1. The number of amides is 1. The fourth-order valence-corrected chi connectivity index (χ4v) is 2.39. The van der Waals surface area contributed by atoms with Crippen molar-refractivity contribution in [1.82, 2.24) is 5.32 Å². The lowest BCUT2D eigenvalue weighted by atomic mass is 10.1. The van der Waals surface area contributed by atoms with Gasteiger partial charge in [-0.25, -0.2) is 4.39 Å². The average molecular weight is 318 g/mol. The van der Waals surface area contributed by atoms with Crippen LogP contribution in [0.4, 0.5) is 4.39 Å². The minimum atomic E-state index is -0.325. The summed E-state index contributed by atoms with van der Waals surface area (Å²) in [6, 6.07) is 11.5. The molecule has 112 valence electrons. The van der Waals surface area contributed by atoms with Gasteiger partial charge in [0.25, 0.3) is 5.91 Å². The summed E-state index contributed by atoms with van der Waals surface area (Å²) >= 11 is 5.90. The Hall–Kier alpha value is -2.33. The van der Waals surface area contributed by atoms with Crippen molar-refractivity contribution in [2.75, 3.05) is 0 Å². The summed E-state index contributed by atoms with van der Waals surface area (Å²) < 4.78 is 18.7. The first kappa shape index (κ1) is 14.6. The van der Waals surface area contributed by atoms with Crippen molar-refractivity contribution in [3.63, 3.8) is 0 Å². The minimum Gasteiger partial charge on any atom is -0.451 e. The van der Waals surface area contributed by atoms with Crippen LogP contribution >= 0.6 is 11.6 Å². The first-order valence-corrected chi connectivity index (χ1v) is 7.13. The van der Waals surface area contributed by atoms with E-state index in [9.17, 15) is 9.18 Å². The number of rotatable bonds is 3. The minimum absolute atomic E-state index is 0.219. The summed E-state index contributed by atoms with van der Waals surface area (Å²) in [5, 5.41) is 4.11. The van der Waals surface area contributed by atoms with Gasteiger partial charge in [-0.05, 0) is 48.4 Å². The first-order chi connectivity index (χ1) is 10.5. The molecule has 1 amide bonds. The van der Waals surface area contributed by atoms with E-state index in [1.165, 1.54) is 6.07 Å². The third-order valence-corrected chi connectivity index (χ3v) is 3.61. The maximum atomic E-state index is 13.2. The smallest absolute Gasteiger partial charge is 0.287 e. The highest BCUT2D eigenvalue weighted by Gasteiger charge is 2.12. The fraction of sp³-hybridized carbons (Fsp3) is 0.118. The van der Waals surface area contributed by atoms with Crippen LogP contribution in [-0.2, 0) is 6.54 Å². The molecule has 3 nitrogen and oxygen atoms in total. The standard InChI is InChI=1S/C17H13ClFNO2/c1-10-6-11(2-4-14(10)19)9-20-17(21)16-8-12-7-13(18)3-5-15(12)22-16/h2-8H,9H2,1H3,(H,20,21). The molecular formula is C17H13ClFNO2. The number of hydrogen-bond donors (Lipinski definition) is 1. The van der Waals surface area contributed by atoms with Crippen molar-refractivity contribution in [1.29, 1.82) is 0 Å². The summed E-state index contributed by atoms with van der Waals surface area (Å²) in [4.78, 5) is 12.1. The molecule has 0 aliphatic carbocycles. The molecule has 0 saturated carbocycles. The van der Waals surface area contributed by atoms with Crippen LogP contribution in [0.15, 0.2) is 46.9 Å². The van der Waals surface area contributed by atoms with E-state index in [1.807, 2.05) is 0 Å². The molecule has 0 bridgehead atoms. The zero-order valence-corrected chi connectivity index (χ0v) is 12.6. The lowest BCUT2D eigenvalue weighted by Crippen LogP contribution is -2.22. The van der Waals surface area contributed by atoms with Gasteiger partial charge in [0.1, 0.15) is 11.4 Å². The molecule has 5 heteroatoms. The number of hydrogen-bond acceptors (Lipinski definition) is 2. The van der Waals surface area contributed by atoms with Crippen LogP contribution in [0, 0.1) is 12.7 Å². The number of aryl methyl sites for hydroxylation is 1. The molecular weight excluding hydrogens is 305 g/mol. The summed E-state index contributed by atoms with van der Waals surface area (Å²) in [6.07, 6.45) is 0. The van der Waals surface area contributed by atoms with Gasteiger partial charge in [-0.1, -0.05) is 23.7 Å². The van der Waals surface area contributed by atoms with E-state index in [0.29, 0.717) is 22.7 Å². The van der Waals surface area contributed by atoms with E-state index in [4.69, 9.17) is 16.0 Å². The number of halogens is 2. The Labute approximate surface area is 131 Å². The van der Waals surface area contributed by atoms with Crippen molar-refractivity contribution in [3.05, 3.63) is 70.2 Å². The first-order valence-electron chi connectivity index (χ1n) is 6.75. The summed E-state index contributed by atoms with van der Waals surface area (Å²) in [6.45, 7) is 1.99. The third kappa shape index (κ3) is 2.97. The highest BCUT2D eigenvalue weighted by Crippen LogP contribution is 2.23. The molecule has 0 aliphatic heterocycles. The number of fused-ring (bicyclic) bond motifs is 1. The number of furan rings is 1. The van der Waals surface area contributed by atoms with Gasteiger partial charge in [0.2, 0.25) is 0 Å². The molecule has 0 unspecified atom stereocenters. The van der Waals surface area contributed by atoms with Crippen molar-refractivity contribution in [2.24, 2.45) is 0 Å². The Morgan fingerprint density at radius 2 is 2.05 bits per heavy atom. The summed E-state index contributed by atoms with van der Waals surface area (Å²) in [7, 11) is 0. The predicted molar refractivity (Wildman–Crippen MR) is 83.5 cm³/mol. The number of carbonyl (C=O) groups is 1. The lowest BCUT2D eigenvalue weighted by Gasteiger charge is -2.05. The van der Waals surface area contributed by atoms with Gasteiger partial charge >= 0.3 is 0 Å². The summed E-state index contributed by atoms with van der Waals surface area (Å²) in [5.41, 5.74) is 1.98. The Balaban J connectivity index is 1.74. The van der Waals surface area contributed by atoms with Crippen LogP contribution in [0.5, 0.6) is 0 Å². The Morgan fingerprint density at radius 1 is 1.23 bits per heavy atom. The van der Waals surface area contributed by atoms with Gasteiger partial charge in [-0.15, -0.1) is 0 Å². The van der Waals surface area contributed by atoms with Crippen LogP contribution in [-0.4, -0.2) is 5.91 Å². The largest absolute Gasteiger partial charge is 0.451 e. The molecule has 0 aliphatic rings. The average Bonchev–Trinajstić information content (AvgIpc) is 2.91. The van der Waals surface area contributed by atoms with E-state index in [-0.39, 0.29) is 17.5 Å². The Bertz CT molecular complexity index is 857. The predicted octanol–water partition coefficient (Wildman–Crippen LogP) is 4.46. The molecule has 0 spiro atoms. The molecule has 1 heterocycles. The van der Waals surface area contributed by atoms with E-state index in [1.54, 1.807) is 43.3 Å². The second-order valence-corrected chi connectivity index (χ2v) is 5.50. The van der Waals surface area contributed by atoms with Crippen molar-refractivity contribution >= 4 is 28.5 Å². The monoisotopic (exact) mass is 317 g/mol. The molecule has 2 aromatic carbocycles. The van der Waals surface area contributed by atoms with Crippen LogP contribution in [0.2, 0.25) is 5.02 Å². The van der Waals surface area contributed by atoms with E-state index >= 15 is 0 Å². The van der Waals surface area contributed by atoms with Gasteiger partial charge in [0.05, 0.1) is 0 Å². The highest BCUT2D eigenvalue weighted by molar-refractivity contribution is 6.31. The van der Waals surface area contributed by atoms with Crippen LogP contribution in [0.3, 0.4) is 0 Å². The molecule has 0 atom stereocenters. The van der Waals surface area contributed by atoms with E-state index < -0.39 is 0 Å². The number of carbonyl (C=O) groups excluding carboxylic acids is 1. The highest BCUT2D eigenvalue weighted by atomic mass is 35.5. The lowest BCUT2D eigenvalue weighted by molar-refractivity contribution is 0.0925. The number of benzene rings is 2. The molecule has 1 N–H and O–H groups in total. The molecule has 22 heavy (non-hydrogen) atoms. The molecule has 0 saturated heterocycles. The van der Waals surface area contributed by atoms with Crippen molar-refractivity contribution < 1.29 is 13.6 Å². The van der Waals surface area contributed by atoms with Crippen LogP contribution in [0.25, 0.3) is 11.0 Å². The van der Waals surface area contributed by atoms with Gasteiger partial charge in [-0.2, -0.15) is 0 Å². The Morgan fingerprint density at radius 3 is 2.82 bits per heavy atom. The fourth-order valence-electron chi connectivity index (χ4n) is 2.21. The third-order valence-electron chi connectivity index (χ3n) is 3.38. The SMILES string of the molecule is Cc1cc(CNC(=O)c2cc3cc(Cl)ccc3o2)ccc1F. The Kier molecular flexibility index (Phi) is 3.86. The maximum Gasteiger partial charge on any atom is 0.287 e. The second kappa shape index (κ2) is 5.81. The molecule has 0 radical (unpaired) electrons. The van der Waals surface area contributed by atoms with E-state index in [0.717, 1.165) is 10.9 Å². The van der Waals surface area contributed by atoms with Crippen molar-refractivity contribution in [2.45, 2.75) is 13.5 Å². The van der Waals surface area contributed by atoms with Crippen LogP contribution in [0.1, 0.15) is 21.7 Å². The van der Waals surface area contributed by atoms with Gasteiger partial charge in [-0.3, -0.25) is 4.79 Å². The maximum absolute atomic E-state index is 13.2. The molecule has 3 rings (SSSR count). The molecule has 1 aromatic heterocycles. The second-order valence-electron chi connectivity index (χ2n) is 5.06. The van der Waals surface area contributed by atoms with Crippen LogP contribution < -0.4 is 5.32 Å². The molecule has 3 aromatic rings. The molecule has 0 fully saturated rings.